The minimum Gasteiger partial charge on any atom is -0.478 e. The third-order valence-corrected chi connectivity index (χ3v) is 8.57. The minimum atomic E-state index is -1.03. The fraction of sp³-hybridized carbons (Fsp3) is 0.438. The van der Waals surface area contributed by atoms with E-state index in [1.165, 1.54) is 29.2 Å². The van der Waals surface area contributed by atoms with Crippen LogP contribution in [0.3, 0.4) is 0 Å². The van der Waals surface area contributed by atoms with Gasteiger partial charge in [0.25, 0.3) is 0 Å². The fourth-order valence-corrected chi connectivity index (χ4v) is 6.23. The minimum absolute atomic E-state index is 0.133. The molecular weight excluding hydrogens is 430 g/mol. The summed E-state index contributed by atoms with van der Waals surface area (Å²) in [5.41, 5.74) is 0.588. The van der Waals surface area contributed by atoms with E-state index in [9.17, 15) is 14.4 Å². The second-order valence-electron chi connectivity index (χ2n) is 6.37. The molecule has 2 aliphatic carbocycles. The maximum absolute atomic E-state index is 12.8. The molecule has 4 rings (SSSR count). The van der Waals surface area contributed by atoms with E-state index in [-0.39, 0.29) is 50.7 Å². The number of aromatic carboxylic acids is 1. The molecule has 1 aliphatic heterocycles. The number of hydrogen-bond acceptors (Lipinski definition) is 3. The maximum Gasteiger partial charge on any atom is 0.335 e. The lowest BCUT2D eigenvalue weighted by Crippen LogP contribution is -2.37. The first-order valence-electron chi connectivity index (χ1n) is 7.41. The number of alkyl halides is 2. The summed E-state index contributed by atoms with van der Waals surface area (Å²) < 4.78 is 0. The molecule has 3 fully saturated rings. The van der Waals surface area contributed by atoms with Gasteiger partial charge in [-0.1, -0.05) is 31.9 Å². The molecule has 120 valence electrons. The zero-order chi connectivity index (χ0) is 16.5. The van der Waals surface area contributed by atoms with Crippen molar-refractivity contribution in [2.75, 3.05) is 4.90 Å². The third kappa shape index (κ3) is 1.99. The number of nitrogens with zero attached hydrogens (tertiary/aromatic N) is 1. The summed E-state index contributed by atoms with van der Waals surface area (Å²) in [6.45, 7) is 0. The number of carbonyl (C=O) groups excluding carboxylic acids is 2. The second kappa shape index (κ2) is 5.14. The quantitative estimate of drug-likeness (QED) is 0.564. The number of rotatable bonds is 2. The average molecular weight is 443 g/mol. The monoisotopic (exact) mass is 441 g/mol. The van der Waals surface area contributed by atoms with Crippen molar-refractivity contribution < 1.29 is 19.5 Å². The summed E-state index contributed by atoms with van der Waals surface area (Å²) in [6, 6.07) is 5.89. The van der Waals surface area contributed by atoms with Crippen LogP contribution in [0, 0.1) is 23.7 Å². The summed E-state index contributed by atoms with van der Waals surface area (Å²) in [5, 5.41) is 8.95. The van der Waals surface area contributed by atoms with Crippen LogP contribution in [0.5, 0.6) is 0 Å². The number of benzene rings is 1. The fourth-order valence-electron chi connectivity index (χ4n) is 4.36. The van der Waals surface area contributed by atoms with Gasteiger partial charge in [0.15, 0.2) is 0 Å². The number of fused-ring (bicyclic) bond motifs is 5. The van der Waals surface area contributed by atoms with Gasteiger partial charge in [-0.15, -0.1) is 0 Å². The Labute approximate surface area is 149 Å². The van der Waals surface area contributed by atoms with Crippen LogP contribution in [0.2, 0.25) is 0 Å². The molecule has 0 radical (unpaired) electrons. The SMILES string of the molecule is O=C(O)c1ccc(N2C(=O)[C@@H]3[C@@H]4C[C@@H]([C@@H](Br)[C@@H]4Br)[C@@H]3C2=O)cc1. The van der Waals surface area contributed by atoms with Gasteiger partial charge in [0.1, 0.15) is 0 Å². The van der Waals surface area contributed by atoms with Crippen LogP contribution in [-0.2, 0) is 9.59 Å². The lowest BCUT2D eigenvalue weighted by Gasteiger charge is -2.28. The number of carbonyl (C=O) groups is 3. The van der Waals surface area contributed by atoms with Crippen molar-refractivity contribution >= 4 is 55.3 Å². The Morgan fingerprint density at radius 1 is 1.00 bits per heavy atom. The zero-order valence-electron chi connectivity index (χ0n) is 11.9. The first-order valence-corrected chi connectivity index (χ1v) is 9.24. The largest absolute Gasteiger partial charge is 0.478 e. The summed E-state index contributed by atoms with van der Waals surface area (Å²) in [4.78, 5) is 38.2. The molecule has 1 saturated heterocycles. The molecule has 0 unspecified atom stereocenters. The normalized spacial score (nSPS) is 38.3. The summed E-state index contributed by atoms with van der Waals surface area (Å²) >= 11 is 7.30. The number of anilines is 1. The topological polar surface area (TPSA) is 74.7 Å². The van der Waals surface area contributed by atoms with Gasteiger partial charge in [-0.3, -0.25) is 14.5 Å². The number of imide groups is 1. The number of halogens is 2. The highest BCUT2D eigenvalue weighted by Gasteiger charge is 2.66. The maximum atomic E-state index is 12.8. The highest BCUT2D eigenvalue weighted by atomic mass is 79.9. The molecule has 5 nitrogen and oxygen atoms in total. The van der Waals surface area contributed by atoms with Crippen molar-refractivity contribution in [3.63, 3.8) is 0 Å². The van der Waals surface area contributed by atoms with E-state index in [0.717, 1.165) is 6.42 Å². The number of hydrogen-bond donors (Lipinski definition) is 1. The lowest BCUT2D eigenvalue weighted by atomic mass is 9.81. The molecule has 3 aliphatic rings. The van der Waals surface area contributed by atoms with Gasteiger partial charge in [-0.25, -0.2) is 4.79 Å². The third-order valence-electron chi connectivity index (χ3n) is 5.36. The van der Waals surface area contributed by atoms with Gasteiger partial charge in [-0.2, -0.15) is 0 Å². The van der Waals surface area contributed by atoms with Crippen molar-refractivity contribution in [1.29, 1.82) is 0 Å². The van der Waals surface area contributed by atoms with E-state index >= 15 is 0 Å². The van der Waals surface area contributed by atoms with E-state index < -0.39 is 5.97 Å². The molecule has 0 spiro atoms. The lowest BCUT2D eigenvalue weighted by molar-refractivity contribution is -0.123. The van der Waals surface area contributed by atoms with E-state index in [0.29, 0.717) is 5.69 Å². The zero-order valence-corrected chi connectivity index (χ0v) is 15.0. The molecule has 1 heterocycles. The molecule has 2 amide bonds. The molecular formula is C16H13Br2NO4. The van der Waals surface area contributed by atoms with Crippen molar-refractivity contribution in [2.24, 2.45) is 23.7 Å². The molecule has 6 atom stereocenters. The Kier molecular flexibility index (Phi) is 3.43. The van der Waals surface area contributed by atoms with Gasteiger partial charge in [-0.05, 0) is 42.5 Å². The van der Waals surface area contributed by atoms with Crippen molar-refractivity contribution in [1.82, 2.24) is 0 Å². The van der Waals surface area contributed by atoms with Crippen molar-refractivity contribution in [3.8, 4) is 0 Å². The van der Waals surface area contributed by atoms with Gasteiger partial charge in [0, 0.05) is 9.65 Å². The van der Waals surface area contributed by atoms with E-state index in [2.05, 4.69) is 31.9 Å². The van der Waals surface area contributed by atoms with Crippen molar-refractivity contribution in [3.05, 3.63) is 29.8 Å². The van der Waals surface area contributed by atoms with Gasteiger partial charge in [0.2, 0.25) is 11.8 Å². The van der Waals surface area contributed by atoms with E-state index in [1.807, 2.05) is 0 Å². The number of carboxylic acids is 1. The van der Waals surface area contributed by atoms with E-state index in [1.54, 1.807) is 0 Å². The molecule has 1 aromatic rings. The van der Waals surface area contributed by atoms with Gasteiger partial charge < -0.3 is 5.11 Å². The van der Waals surface area contributed by atoms with Crippen LogP contribution in [0.4, 0.5) is 5.69 Å². The molecule has 7 heteroatoms. The Morgan fingerprint density at radius 3 is 1.91 bits per heavy atom. The Bertz CT molecular complexity index is 687. The van der Waals surface area contributed by atoms with Gasteiger partial charge >= 0.3 is 5.97 Å². The first-order chi connectivity index (χ1) is 10.9. The average Bonchev–Trinajstić information content (AvgIpc) is 3.12. The number of amides is 2. The Morgan fingerprint density at radius 2 is 1.48 bits per heavy atom. The molecule has 0 aromatic heterocycles. The van der Waals surface area contributed by atoms with Crippen LogP contribution in [0.25, 0.3) is 0 Å². The van der Waals surface area contributed by atoms with Crippen LogP contribution in [0.1, 0.15) is 16.8 Å². The highest BCUT2D eigenvalue weighted by Crippen LogP contribution is 2.60. The highest BCUT2D eigenvalue weighted by molar-refractivity contribution is 9.12. The molecule has 2 bridgehead atoms. The van der Waals surface area contributed by atoms with E-state index in [4.69, 9.17) is 5.11 Å². The first kappa shape index (κ1) is 15.3. The molecule has 1 N–H and O–H groups in total. The molecule has 23 heavy (non-hydrogen) atoms. The summed E-state index contributed by atoms with van der Waals surface area (Å²) in [7, 11) is 0. The summed E-state index contributed by atoms with van der Waals surface area (Å²) in [5.74, 6) is -1.51. The Hall–Kier alpha value is -1.21. The van der Waals surface area contributed by atoms with Gasteiger partial charge in [0.05, 0.1) is 23.1 Å². The molecule has 2 saturated carbocycles. The van der Waals surface area contributed by atoms with Crippen LogP contribution >= 0.6 is 31.9 Å². The number of carboxylic acid groups (broad SMARTS) is 1. The standard InChI is InChI=1S/C16H13Br2NO4/c17-12-8-5-9(13(12)18)11-10(8)14(20)19(15(11)21)7-3-1-6(2-4-7)16(22)23/h1-4,8-13H,5H2,(H,22,23)/t8-,9+,10+,11-,12-,13-/m1/s1. The van der Waals surface area contributed by atoms with Crippen molar-refractivity contribution in [2.45, 2.75) is 16.1 Å². The van der Waals surface area contributed by atoms with Crippen LogP contribution in [-0.4, -0.2) is 32.5 Å². The second-order valence-corrected chi connectivity index (χ2v) is 8.48. The Balaban J connectivity index is 1.68. The van der Waals surface area contributed by atoms with Crippen LogP contribution in [0.15, 0.2) is 24.3 Å². The predicted octanol–water partition coefficient (Wildman–Crippen LogP) is 2.67. The predicted molar refractivity (Wildman–Crippen MR) is 89.9 cm³/mol. The van der Waals surface area contributed by atoms with Crippen LogP contribution < -0.4 is 4.90 Å². The summed E-state index contributed by atoms with van der Waals surface area (Å²) in [6.07, 6.45) is 0.893. The molecule has 1 aromatic carbocycles. The smallest absolute Gasteiger partial charge is 0.335 e.